The zero-order valence-electron chi connectivity index (χ0n) is 11.4. The van der Waals surface area contributed by atoms with Gasteiger partial charge < -0.3 is 14.5 Å². The maximum Gasteiger partial charge on any atom is 0.134 e. The highest BCUT2D eigenvalue weighted by Crippen LogP contribution is 2.30. The predicted octanol–water partition coefficient (Wildman–Crippen LogP) is 3.51. The van der Waals surface area contributed by atoms with E-state index in [0.717, 1.165) is 36.9 Å². The van der Waals surface area contributed by atoms with Gasteiger partial charge in [0.1, 0.15) is 11.3 Å². The molecule has 19 heavy (non-hydrogen) atoms. The molecule has 1 atom stereocenters. The van der Waals surface area contributed by atoms with Gasteiger partial charge >= 0.3 is 0 Å². The molecule has 1 N–H and O–H groups in total. The number of rotatable bonds is 4. The van der Waals surface area contributed by atoms with Crippen molar-refractivity contribution in [3.05, 3.63) is 36.1 Å². The maximum absolute atomic E-state index is 5.97. The third-order valence-electron chi connectivity index (χ3n) is 4.05. The number of hydrogen-bond acceptors (Lipinski definition) is 3. The highest BCUT2D eigenvalue weighted by Gasteiger charge is 2.21. The van der Waals surface area contributed by atoms with Crippen LogP contribution in [0.4, 0.5) is 0 Å². The van der Waals surface area contributed by atoms with Crippen LogP contribution in [0.5, 0.6) is 0 Å². The second-order valence-electron chi connectivity index (χ2n) is 5.32. The Kier molecular flexibility index (Phi) is 3.85. The normalized spacial score (nSPS) is 18.8. The summed E-state index contributed by atoms with van der Waals surface area (Å²) in [5.41, 5.74) is 0.977. The second kappa shape index (κ2) is 5.76. The fourth-order valence-electron chi connectivity index (χ4n) is 2.87. The highest BCUT2D eigenvalue weighted by atomic mass is 16.5. The molecule has 0 spiro atoms. The Balaban J connectivity index is 1.76. The van der Waals surface area contributed by atoms with Gasteiger partial charge in [0.25, 0.3) is 0 Å². The summed E-state index contributed by atoms with van der Waals surface area (Å²) >= 11 is 0. The Labute approximate surface area is 113 Å². The van der Waals surface area contributed by atoms with E-state index in [2.05, 4.69) is 23.5 Å². The van der Waals surface area contributed by atoms with E-state index in [0.29, 0.717) is 6.04 Å². The van der Waals surface area contributed by atoms with Crippen LogP contribution in [-0.2, 0) is 4.74 Å². The molecule has 0 bridgehead atoms. The van der Waals surface area contributed by atoms with Crippen molar-refractivity contribution in [1.29, 1.82) is 0 Å². The zero-order valence-corrected chi connectivity index (χ0v) is 11.4. The van der Waals surface area contributed by atoms with Crippen molar-refractivity contribution in [2.24, 2.45) is 5.92 Å². The van der Waals surface area contributed by atoms with Gasteiger partial charge in [0, 0.05) is 18.6 Å². The fourth-order valence-corrected chi connectivity index (χ4v) is 2.87. The molecule has 1 unspecified atom stereocenters. The Morgan fingerprint density at radius 1 is 1.26 bits per heavy atom. The number of fused-ring (bicyclic) bond motifs is 1. The smallest absolute Gasteiger partial charge is 0.134 e. The van der Waals surface area contributed by atoms with E-state index >= 15 is 0 Å². The topological polar surface area (TPSA) is 34.4 Å². The molecule has 1 aromatic carbocycles. The first-order valence-corrected chi connectivity index (χ1v) is 7.10. The number of nitrogens with one attached hydrogen (secondary N) is 1. The van der Waals surface area contributed by atoms with Crippen molar-refractivity contribution >= 4 is 11.0 Å². The molecule has 0 amide bonds. The van der Waals surface area contributed by atoms with Crippen molar-refractivity contribution in [3.8, 4) is 0 Å². The summed E-state index contributed by atoms with van der Waals surface area (Å²) in [4.78, 5) is 0. The number of furan rings is 1. The summed E-state index contributed by atoms with van der Waals surface area (Å²) in [7, 11) is 2.01. The van der Waals surface area contributed by atoms with E-state index in [1.807, 2.05) is 19.2 Å². The van der Waals surface area contributed by atoms with Crippen LogP contribution in [0.2, 0.25) is 0 Å². The largest absolute Gasteiger partial charge is 0.459 e. The molecule has 0 radical (unpaired) electrons. The number of benzene rings is 1. The molecular formula is C16H21NO2. The quantitative estimate of drug-likeness (QED) is 0.912. The minimum absolute atomic E-state index is 0.301. The fraction of sp³-hybridized carbons (Fsp3) is 0.500. The average molecular weight is 259 g/mol. The van der Waals surface area contributed by atoms with Crippen LogP contribution in [0, 0.1) is 5.92 Å². The van der Waals surface area contributed by atoms with E-state index in [9.17, 15) is 0 Å². The molecule has 3 rings (SSSR count). The Morgan fingerprint density at radius 2 is 2.05 bits per heavy atom. The third-order valence-corrected chi connectivity index (χ3v) is 4.05. The average Bonchev–Trinajstić information content (AvgIpc) is 2.89. The molecule has 0 saturated carbocycles. The summed E-state index contributed by atoms with van der Waals surface area (Å²) in [6.07, 6.45) is 3.45. The van der Waals surface area contributed by atoms with Gasteiger partial charge in [-0.05, 0) is 44.4 Å². The van der Waals surface area contributed by atoms with Gasteiger partial charge in [0.15, 0.2) is 0 Å². The summed E-state index contributed by atoms with van der Waals surface area (Å²) in [6.45, 7) is 1.81. The SMILES string of the molecule is CNC(CC1CCOCC1)c1cc2ccccc2o1. The molecule has 2 heterocycles. The van der Waals surface area contributed by atoms with E-state index in [4.69, 9.17) is 9.15 Å². The Hall–Kier alpha value is -1.32. The first-order chi connectivity index (χ1) is 9.36. The summed E-state index contributed by atoms with van der Waals surface area (Å²) < 4.78 is 11.4. The van der Waals surface area contributed by atoms with Crippen molar-refractivity contribution in [3.63, 3.8) is 0 Å². The predicted molar refractivity (Wildman–Crippen MR) is 76.2 cm³/mol. The van der Waals surface area contributed by atoms with Crippen LogP contribution < -0.4 is 5.32 Å². The molecule has 102 valence electrons. The molecule has 1 aliphatic rings. The minimum Gasteiger partial charge on any atom is -0.459 e. The lowest BCUT2D eigenvalue weighted by molar-refractivity contribution is 0.0600. The van der Waals surface area contributed by atoms with Crippen molar-refractivity contribution in [2.45, 2.75) is 25.3 Å². The Bertz CT molecular complexity index is 495. The van der Waals surface area contributed by atoms with Crippen LogP contribution in [0.25, 0.3) is 11.0 Å². The monoisotopic (exact) mass is 259 g/mol. The zero-order chi connectivity index (χ0) is 13.1. The summed E-state index contributed by atoms with van der Waals surface area (Å²) in [5.74, 6) is 1.79. The van der Waals surface area contributed by atoms with Crippen molar-refractivity contribution in [2.75, 3.05) is 20.3 Å². The van der Waals surface area contributed by atoms with Crippen LogP contribution in [-0.4, -0.2) is 20.3 Å². The van der Waals surface area contributed by atoms with Crippen LogP contribution >= 0.6 is 0 Å². The van der Waals surface area contributed by atoms with Gasteiger partial charge in [-0.2, -0.15) is 0 Å². The number of ether oxygens (including phenoxy) is 1. The van der Waals surface area contributed by atoms with Crippen LogP contribution in [0.3, 0.4) is 0 Å². The van der Waals surface area contributed by atoms with E-state index in [1.165, 1.54) is 18.2 Å². The molecule has 3 nitrogen and oxygen atoms in total. The van der Waals surface area contributed by atoms with Gasteiger partial charge in [0.2, 0.25) is 0 Å². The van der Waals surface area contributed by atoms with Gasteiger partial charge in [0.05, 0.1) is 6.04 Å². The molecule has 1 aliphatic heterocycles. The van der Waals surface area contributed by atoms with Crippen molar-refractivity contribution < 1.29 is 9.15 Å². The van der Waals surface area contributed by atoms with Gasteiger partial charge in [-0.3, -0.25) is 0 Å². The summed E-state index contributed by atoms with van der Waals surface area (Å²) in [5, 5.41) is 4.58. The molecule has 1 aromatic heterocycles. The minimum atomic E-state index is 0.301. The Morgan fingerprint density at radius 3 is 2.79 bits per heavy atom. The first kappa shape index (κ1) is 12.7. The lowest BCUT2D eigenvalue weighted by Crippen LogP contribution is -2.23. The van der Waals surface area contributed by atoms with Gasteiger partial charge in [-0.1, -0.05) is 18.2 Å². The molecule has 0 aliphatic carbocycles. The lowest BCUT2D eigenvalue weighted by Gasteiger charge is -2.25. The third kappa shape index (κ3) is 2.82. The lowest BCUT2D eigenvalue weighted by atomic mass is 9.91. The van der Waals surface area contributed by atoms with Gasteiger partial charge in [-0.15, -0.1) is 0 Å². The molecule has 2 aromatic rings. The molecule has 1 saturated heterocycles. The highest BCUT2D eigenvalue weighted by molar-refractivity contribution is 5.77. The van der Waals surface area contributed by atoms with E-state index < -0.39 is 0 Å². The maximum atomic E-state index is 5.97. The van der Waals surface area contributed by atoms with Crippen LogP contribution in [0.1, 0.15) is 31.1 Å². The summed E-state index contributed by atoms with van der Waals surface area (Å²) in [6, 6.07) is 10.7. The molecule has 3 heteroatoms. The second-order valence-corrected chi connectivity index (χ2v) is 5.32. The van der Waals surface area contributed by atoms with E-state index in [-0.39, 0.29) is 0 Å². The standard InChI is InChI=1S/C16H21NO2/c1-17-14(10-12-6-8-18-9-7-12)16-11-13-4-2-3-5-15(13)19-16/h2-5,11-12,14,17H,6-10H2,1H3. The molecular weight excluding hydrogens is 238 g/mol. The van der Waals surface area contributed by atoms with E-state index in [1.54, 1.807) is 0 Å². The van der Waals surface area contributed by atoms with Crippen LogP contribution in [0.15, 0.2) is 34.7 Å². The molecule has 1 fully saturated rings. The van der Waals surface area contributed by atoms with Gasteiger partial charge in [-0.25, -0.2) is 0 Å². The number of hydrogen-bond donors (Lipinski definition) is 1. The number of para-hydroxylation sites is 1. The van der Waals surface area contributed by atoms with Crippen molar-refractivity contribution in [1.82, 2.24) is 5.32 Å². The first-order valence-electron chi connectivity index (χ1n) is 7.10.